The van der Waals surface area contributed by atoms with Crippen molar-refractivity contribution in [2.45, 2.75) is 95.7 Å². The van der Waals surface area contributed by atoms with Crippen molar-refractivity contribution in [2.24, 2.45) is 0 Å². The Labute approximate surface area is 223 Å². The fraction of sp³-hybridized carbons (Fsp3) is 0.750. The number of rotatable bonds is 9. The van der Waals surface area contributed by atoms with Gasteiger partial charge in [-0.15, -0.1) is 0 Å². The number of ether oxygens (including phenoxy) is 4. The molecule has 2 saturated heterocycles. The smallest absolute Gasteiger partial charge is 0.301 e. The Balaban J connectivity index is 1.51. The number of fused-ring (bicyclic) bond motifs is 2. The molecule has 36 heavy (non-hydrogen) atoms. The predicted octanol–water partition coefficient (Wildman–Crippen LogP) is 5.58. The maximum atomic E-state index is 14.2. The molecule has 4 heterocycles. The average Bonchev–Trinajstić information content (AvgIpc) is 3.40. The van der Waals surface area contributed by atoms with E-state index < -0.39 is 22.2 Å². The van der Waals surface area contributed by atoms with Crippen LogP contribution in [0.5, 0.6) is 6.01 Å². The van der Waals surface area contributed by atoms with E-state index in [4.69, 9.17) is 23.4 Å². The van der Waals surface area contributed by atoms with Gasteiger partial charge in [0, 0.05) is 20.7 Å². The first kappa shape index (κ1) is 28.1. The highest BCUT2D eigenvalue weighted by Gasteiger charge is 2.52. The fourth-order valence-electron chi connectivity index (χ4n) is 4.05. The normalized spacial score (nSPS) is 25.1. The average molecular weight is 605 g/mol. The highest BCUT2D eigenvalue weighted by Crippen LogP contribution is 2.40. The van der Waals surface area contributed by atoms with Gasteiger partial charge in [0.1, 0.15) is 29.1 Å². The predicted molar refractivity (Wildman–Crippen MR) is 145 cm³/mol. The minimum Gasteiger partial charge on any atom is -0.456 e. The molecule has 12 heteroatoms. The molecule has 0 spiro atoms. The van der Waals surface area contributed by atoms with Crippen molar-refractivity contribution < 1.29 is 27.8 Å². The number of pyridine rings is 1. The molecule has 0 aromatic carbocycles. The molecule has 202 valence electrons. The molecule has 0 unspecified atom stereocenters. The van der Waals surface area contributed by atoms with Crippen LogP contribution in [0, 0.1) is 5.82 Å². The summed E-state index contributed by atoms with van der Waals surface area (Å²) in [6.45, 7) is 19.7. The van der Waals surface area contributed by atoms with Crippen LogP contribution in [0.4, 0.5) is 4.39 Å². The van der Waals surface area contributed by atoms with Gasteiger partial charge in [-0.05, 0) is 40.1 Å². The summed E-state index contributed by atoms with van der Waals surface area (Å²) >= 11 is 3.18. The van der Waals surface area contributed by atoms with E-state index in [1.807, 2.05) is 0 Å². The first-order valence-corrected chi connectivity index (χ1v) is 19.9. The van der Waals surface area contributed by atoms with E-state index in [-0.39, 0.29) is 40.8 Å². The lowest BCUT2D eigenvalue weighted by atomic mass is 10.1. The molecule has 2 aliphatic rings. The van der Waals surface area contributed by atoms with Crippen LogP contribution in [-0.4, -0.2) is 75.2 Å². The van der Waals surface area contributed by atoms with Crippen molar-refractivity contribution in [2.75, 3.05) is 19.8 Å². The summed E-state index contributed by atoms with van der Waals surface area (Å²) in [5.41, 5.74) is 0.898. The van der Waals surface area contributed by atoms with Gasteiger partial charge < -0.3 is 23.4 Å². The van der Waals surface area contributed by atoms with Gasteiger partial charge in [0.2, 0.25) is 0 Å². The van der Waals surface area contributed by atoms with Crippen LogP contribution in [0.25, 0.3) is 11.2 Å². The quantitative estimate of drug-likeness (QED) is 0.210. The summed E-state index contributed by atoms with van der Waals surface area (Å²) in [5, 5.41) is 0.0937. The maximum Gasteiger partial charge on any atom is 0.301 e. The molecular weight excluding hydrogens is 565 g/mol. The van der Waals surface area contributed by atoms with Gasteiger partial charge in [-0.25, -0.2) is 9.37 Å². The van der Waals surface area contributed by atoms with Crippen LogP contribution < -0.4 is 4.74 Å². The molecule has 4 rings (SSSR count). The molecule has 8 nitrogen and oxygen atoms in total. The molecule has 0 saturated carbocycles. The van der Waals surface area contributed by atoms with Crippen LogP contribution in [0.2, 0.25) is 43.8 Å². The van der Waals surface area contributed by atoms with Crippen LogP contribution in [0.1, 0.15) is 20.8 Å². The lowest BCUT2D eigenvalue weighted by Gasteiger charge is -2.39. The van der Waals surface area contributed by atoms with Crippen LogP contribution in [-0.2, 0) is 25.4 Å². The summed E-state index contributed by atoms with van der Waals surface area (Å²) in [6.07, 6.45) is -0.953. The van der Waals surface area contributed by atoms with Crippen LogP contribution >= 0.6 is 15.9 Å². The third kappa shape index (κ3) is 6.05. The number of hydrogen-bond donors (Lipinski definition) is 0. The second-order valence-corrected chi connectivity index (χ2v) is 23.6. The molecule has 4 atom stereocenters. The van der Waals surface area contributed by atoms with Crippen LogP contribution in [0.15, 0.2) is 10.7 Å². The molecule has 0 N–H and O–H groups in total. The third-order valence-electron chi connectivity index (χ3n) is 7.28. The maximum absolute atomic E-state index is 14.2. The Hall–Kier alpha value is -0.896. The van der Waals surface area contributed by atoms with Gasteiger partial charge in [0.25, 0.3) is 0 Å². The molecule has 0 amide bonds. The van der Waals surface area contributed by atoms with Crippen LogP contribution in [0.3, 0.4) is 0 Å². The Kier molecular flexibility index (Phi) is 8.08. The monoisotopic (exact) mass is 603 g/mol. The molecule has 0 bridgehead atoms. The fourth-order valence-corrected chi connectivity index (χ4v) is 6.40. The Morgan fingerprint density at radius 2 is 1.72 bits per heavy atom. The molecule has 2 aromatic rings. The summed E-state index contributed by atoms with van der Waals surface area (Å²) in [5.74, 6) is -0.479. The van der Waals surface area contributed by atoms with E-state index in [9.17, 15) is 4.39 Å². The van der Waals surface area contributed by atoms with Crippen molar-refractivity contribution in [3.05, 3.63) is 16.5 Å². The van der Waals surface area contributed by atoms with E-state index in [1.54, 1.807) is 4.57 Å². The molecule has 2 fully saturated rings. The standard InChI is InChI=1S/C24H39BrFN3O5Si2/c1-24(2,3)36(7,8)34-18-13-32-19-17(12-31-20(18)19)33-23-27-16-11-15(26)21(25)28-22(16)29(23)14-30-9-10-35(4,5)6/h11,17-20H,9-10,12-14H2,1-8H3/t17-,18-,19-,20-/m1/s1. The van der Waals surface area contributed by atoms with E-state index in [0.29, 0.717) is 37.0 Å². The lowest BCUT2D eigenvalue weighted by Crippen LogP contribution is -2.47. The van der Waals surface area contributed by atoms with Gasteiger partial charge in [0.15, 0.2) is 25.9 Å². The number of hydrogen-bond acceptors (Lipinski definition) is 7. The Bertz CT molecular complexity index is 1090. The van der Waals surface area contributed by atoms with E-state index >= 15 is 0 Å². The first-order chi connectivity index (χ1) is 16.7. The van der Waals surface area contributed by atoms with Gasteiger partial charge >= 0.3 is 6.01 Å². The lowest BCUT2D eigenvalue weighted by molar-refractivity contribution is 0.00687. The van der Waals surface area contributed by atoms with Gasteiger partial charge in [-0.2, -0.15) is 4.98 Å². The largest absolute Gasteiger partial charge is 0.456 e. The highest BCUT2D eigenvalue weighted by molar-refractivity contribution is 9.10. The zero-order valence-electron chi connectivity index (χ0n) is 22.6. The topological polar surface area (TPSA) is 76.9 Å². The number of imidazole rings is 1. The zero-order chi connectivity index (χ0) is 26.5. The van der Waals surface area contributed by atoms with Crippen molar-refractivity contribution in [3.8, 4) is 6.01 Å². The summed E-state index contributed by atoms with van der Waals surface area (Å²) in [6, 6.07) is 2.70. The zero-order valence-corrected chi connectivity index (χ0v) is 26.1. The van der Waals surface area contributed by atoms with E-state index in [0.717, 1.165) is 6.04 Å². The molecular formula is C24H39BrFN3O5Si2. The molecule has 2 aliphatic heterocycles. The highest BCUT2D eigenvalue weighted by atomic mass is 79.9. The minimum atomic E-state index is -1.98. The van der Waals surface area contributed by atoms with Gasteiger partial charge in [-0.3, -0.25) is 4.57 Å². The van der Waals surface area contributed by atoms with E-state index in [1.165, 1.54) is 6.07 Å². The van der Waals surface area contributed by atoms with Crippen molar-refractivity contribution in [1.29, 1.82) is 0 Å². The van der Waals surface area contributed by atoms with Gasteiger partial charge in [-0.1, -0.05) is 40.4 Å². The molecule has 0 aliphatic carbocycles. The summed E-state index contributed by atoms with van der Waals surface area (Å²) in [4.78, 5) is 8.89. The molecule has 2 aromatic heterocycles. The first-order valence-electron chi connectivity index (χ1n) is 12.5. The summed E-state index contributed by atoms with van der Waals surface area (Å²) in [7, 11) is -3.22. The summed E-state index contributed by atoms with van der Waals surface area (Å²) < 4.78 is 47.2. The minimum absolute atomic E-state index is 0.0937. The number of nitrogens with zero attached hydrogens (tertiary/aromatic N) is 3. The van der Waals surface area contributed by atoms with Crippen molar-refractivity contribution in [1.82, 2.24) is 14.5 Å². The molecule has 0 radical (unpaired) electrons. The SMILES string of the molecule is CC(C)(C)[Si](C)(C)O[C@@H]1CO[C@H]2[C@@H]1OC[C@H]2Oc1nc2cc(F)c(Br)nc2n1COCC[Si](C)(C)C. The second kappa shape index (κ2) is 10.3. The number of aromatic nitrogens is 3. The van der Waals surface area contributed by atoms with Crippen molar-refractivity contribution >= 4 is 43.5 Å². The second-order valence-electron chi connectivity index (χ2n) is 12.4. The Morgan fingerprint density at radius 3 is 2.36 bits per heavy atom. The number of halogens is 2. The third-order valence-corrected chi connectivity index (χ3v) is 14.0. The van der Waals surface area contributed by atoms with Crippen molar-refractivity contribution in [3.63, 3.8) is 0 Å². The van der Waals surface area contributed by atoms with E-state index in [2.05, 4.69) is 79.4 Å². The van der Waals surface area contributed by atoms with Gasteiger partial charge in [0.05, 0.1) is 19.3 Å². The Morgan fingerprint density at radius 1 is 1.08 bits per heavy atom.